The summed E-state index contributed by atoms with van der Waals surface area (Å²) < 4.78 is 5.65. The van der Waals surface area contributed by atoms with Crippen molar-refractivity contribution in [2.45, 2.75) is 32.3 Å². The van der Waals surface area contributed by atoms with Crippen molar-refractivity contribution in [1.82, 2.24) is 4.98 Å². The number of carboxylic acid groups (broad SMARTS) is 1. The van der Waals surface area contributed by atoms with E-state index in [4.69, 9.17) is 4.74 Å². The largest absolute Gasteiger partial charge is 0.479 e. The first-order chi connectivity index (χ1) is 9.22. The van der Waals surface area contributed by atoms with E-state index in [1.807, 2.05) is 31.2 Å². The molecule has 0 saturated heterocycles. The molecule has 0 aliphatic carbocycles. The maximum Gasteiger partial charge on any atom is 0.344 e. The van der Waals surface area contributed by atoms with Gasteiger partial charge in [-0.2, -0.15) is 0 Å². The summed E-state index contributed by atoms with van der Waals surface area (Å²) in [5.74, 6) is -0.344. The Labute approximate surface area is 112 Å². The zero-order chi connectivity index (χ0) is 13.7. The molecule has 100 valence electrons. The molecule has 1 heterocycles. The van der Waals surface area contributed by atoms with Gasteiger partial charge >= 0.3 is 5.97 Å². The van der Waals surface area contributed by atoms with Gasteiger partial charge in [0.15, 0.2) is 6.10 Å². The Bertz CT molecular complexity index is 563. The van der Waals surface area contributed by atoms with E-state index < -0.39 is 12.1 Å². The van der Waals surface area contributed by atoms with Gasteiger partial charge in [-0.3, -0.25) is 4.98 Å². The fourth-order valence-corrected chi connectivity index (χ4v) is 1.95. The third-order valence-electron chi connectivity index (χ3n) is 2.97. The van der Waals surface area contributed by atoms with Crippen molar-refractivity contribution in [1.29, 1.82) is 0 Å². The molecule has 2 aromatic rings. The highest BCUT2D eigenvalue weighted by Gasteiger charge is 2.19. The van der Waals surface area contributed by atoms with Gasteiger partial charge in [0.2, 0.25) is 0 Å². The summed E-state index contributed by atoms with van der Waals surface area (Å²) in [4.78, 5) is 15.4. The summed E-state index contributed by atoms with van der Waals surface area (Å²) >= 11 is 0. The van der Waals surface area contributed by atoms with Crippen LogP contribution in [-0.4, -0.2) is 22.2 Å². The number of carbonyl (C=O) groups is 1. The lowest BCUT2D eigenvalue weighted by atomic mass is 10.1. The second-order valence-electron chi connectivity index (χ2n) is 4.41. The van der Waals surface area contributed by atoms with Crippen LogP contribution in [0.3, 0.4) is 0 Å². The molecule has 0 aliphatic heterocycles. The Morgan fingerprint density at radius 1 is 1.37 bits per heavy atom. The van der Waals surface area contributed by atoms with Crippen molar-refractivity contribution in [3.8, 4) is 5.75 Å². The average molecular weight is 259 g/mol. The number of hydrogen-bond acceptors (Lipinski definition) is 3. The first kappa shape index (κ1) is 13.3. The van der Waals surface area contributed by atoms with Crippen LogP contribution in [0.25, 0.3) is 10.9 Å². The van der Waals surface area contributed by atoms with Gasteiger partial charge in [-0.15, -0.1) is 0 Å². The Morgan fingerprint density at radius 2 is 2.21 bits per heavy atom. The molecule has 1 atom stereocenters. The molecule has 0 aliphatic rings. The number of nitrogens with zero attached hydrogens (tertiary/aromatic N) is 1. The Hall–Kier alpha value is -2.10. The van der Waals surface area contributed by atoms with E-state index in [0.29, 0.717) is 12.2 Å². The molecule has 2 rings (SSSR count). The molecule has 0 bridgehead atoms. The van der Waals surface area contributed by atoms with Crippen LogP contribution < -0.4 is 4.74 Å². The molecule has 0 amide bonds. The quantitative estimate of drug-likeness (QED) is 0.865. The minimum atomic E-state index is -0.922. The lowest BCUT2D eigenvalue weighted by Crippen LogP contribution is -2.26. The number of aromatic nitrogens is 1. The summed E-state index contributed by atoms with van der Waals surface area (Å²) in [6, 6.07) is 9.19. The molecular weight excluding hydrogens is 242 g/mol. The summed E-state index contributed by atoms with van der Waals surface area (Å²) in [5.41, 5.74) is 0.805. The fourth-order valence-electron chi connectivity index (χ4n) is 1.95. The van der Waals surface area contributed by atoms with Crippen molar-refractivity contribution < 1.29 is 14.6 Å². The molecule has 1 N–H and O–H groups in total. The molecule has 1 aromatic heterocycles. The molecule has 0 spiro atoms. The van der Waals surface area contributed by atoms with Crippen LogP contribution in [0.4, 0.5) is 0 Å². The number of rotatable bonds is 6. The Morgan fingerprint density at radius 3 is 2.95 bits per heavy atom. The molecular formula is C15H17NO3. The van der Waals surface area contributed by atoms with Gasteiger partial charge in [-0.25, -0.2) is 4.79 Å². The van der Waals surface area contributed by atoms with Crippen molar-refractivity contribution in [3.63, 3.8) is 0 Å². The monoisotopic (exact) mass is 259 g/mol. The van der Waals surface area contributed by atoms with Crippen LogP contribution in [0, 0.1) is 0 Å². The first-order valence-corrected chi connectivity index (χ1v) is 6.45. The van der Waals surface area contributed by atoms with Gasteiger partial charge in [0, 0.05) is 11.6 Å². The van der Waals surface area contributed by atoms with Crippen molar-refractivity contribution >= 4 is 16.9 Å². The Kier molecular flexibility index (Phi) is 4.34. The fraction of sp³-hybridized carbons (Fsp3) is 0.333. The number of pyridine rings is 1. The first-order valence-electron chi connectivity index (χ1n) is 6.45. The SMILES string of the molecule is CCCCC(Oc1cccc2ncccc12)C(=O)O. The lowest BCUT2D eigenvalue weighted by molar-refractivity contribution is -0.145. The normalized spacial score (nSPS) is 12.3. The maximum atomic E-state index is 11.2. The van der Waals surface area contributed by atoms with E-state index in [2.05, 4.69) is 4.98 Å². The number of unbranched alkanes of at least 4 members (excludes halogenated alkanes) is 1. The highest BCUT2D eigenvalue weighted by Crippen LogP contribution is 2.25. The van der Waals surface area contributed by atoms with E-state index in [0.717, 1.165) is 23.7 Å². The summed E-state index contributed by atoms with van der Waals surface area (Å²) in [6.07, 6.45) is 3.20. The number of ether oxygens (including phenoxy) is 1. The van der Waals surface area contributed by atoms with E-state index in [1.54, 1.807) is 12.3 Å². The number of carboxylic acids is 1. The lowest BCUT2D eigenvalue weighted by Gasteiger charge is -2.16. The molecule has 4 nitrogen and oxygen atoms in total. The molecule has 4 heteroatoms. The molecule has 1 aromatic carbocycles. The predicted octanol–water partition coefficient (Wildman–Crippen LogP) is 3.26. The number of aliphatic carboxylic acids is 1. The molecule has 0 radical (unpaired) electrons. The predicted molar refractivity (Wildman–Crippen MR) is 73.3 cm³/mol. The van der Waals surface area contributed by atoms with E-state index in [1.165, 1.54) is 0 Å². The number of fused-ring (bicyclic) bond motifs is 1. The van der Waals surface area contributed by atoms with Crippen molar-refractivity contribution in [2.75, 3.05) is 0 Å². The Balaban J connectivity index is 2.26. The highest BCUT2D eigenvalue weighted by molar-refractivity contribution is 5.85. The second kappa shape index (κ2) is 6.18. The van der Waals surface area contributed by atoms with E-state index in [-0.39, 0.29) is 0 Å². The number of hydrogen-bond donors (Lipinski definition) is 1. The average Bonchev–Trinajstić information content (AvgIpc) is 2.43. The van der Waals surface area contributed by atoms with Crippen LogP contribution >= 0.6 is 0 Å². The molecule has 0 fully saturated rings. The minimum Gasteiger partial charge on any atom is -0.479 e. The second-order valence-corrected chi connectivity index (χ2v) is 4.41. The van der Waals surface area contributed by atoms with Crippen LogP contribution in [0.2, 0.25) is 0 Å². The van der Waals surface area contributed by atoms with Crippen LogP contribution in [-0.2, 0) is 4.79 Å². The summed E-state index contributed by atoms with van der Waals surface area (Å²) in [5, 5.41) is 10.0. The smallest absolute Gasteiger partial charge is 0.344 e. The third-order valence-corrected chi connectivity index (χ3v) is 2.97. The van der Waals surface area contributed by atoms with E-state index >= 15 is 0 Å². The van der Waals surface area contributed by atoms with Crippen LogP contribution in [0.5, 0.6) is 5.75 Å². The zero-order valence-corrected chi connectivity index (χ0v) is 10.9. The number of benzene rings is 1. The van der Waals surface area contributed by atoms with Crippen molar-refractivity contribution in [3.05, 3.63) is 36.5 Å². The van der Waals surface area contributed by atoms with Crippen molar-refractivity contribution in [2.24, 2.45) is 0 Å². The molecule has 0 saturated carbocycles. The zero-order valence-electron chi connectivity index (χ0n) is 10.9. The third kappa shape index (κ3) is 3.22. The minimum absolute atomic E-state index is 0.516. The van der Waals surface area contributed by atoms with Gasteiger partial charge < -0.3 is 9.84 Å². The molecule has 19 heavy (non-hydrogen) atoms. The van der Waals surface area contributed by atoms with E-state index in [9.17, 15) is 9.90 Å². The summed E-state index contributed by atoms with van der Waals surface area (Å²) in [7, 11) is 0. The van der Waals surface area contributed by atoms with Gasteiger partial charge in [0.1, 0.15) is 5.75 Å². The highest BCUT2D eigenvalue weighted by atomic mass is 16.5. The van der Waals surface area contributed by atoms with Crippen LogP contribution in [0.15, 0.2) is 36.5 Å². The standard InChI is InChI=1S/C15H17NO3/c1-2-3-8-14(15(17)18)19-13-9-4-7-12-11(13)6-5-10-16-12/h4-7,9-10,14H,2-3,8H2,1H3,(H,17,18). The maximum absolute atomic E-state index is 11.2. The van der Waals surface area contributed by atoms with Gasteiger partial charge in [0.05, 0.1) is 5.52 Å². The summed E-state index contributed by atoms with van der Waals surface area (Å²) in [6.45, 7) is 2.03. The topological polar surface area (TPSA) is 59.4 Å². The van der Waals surface area contributed by atoms with Gasteiger partial charge in [0.25, 0.3) is 0 Å². The van der Waals surface area contributed by atoms with Gasteiger partial charge in [-0.05, 0) is 37.1 Å². The molecule has 1 unspecified atom stereocenters. The van der Waals surface area contributed by atoms with Crippen LogP contribution in [0.1, 0.15) is 26.2 Å². The van der Waals surface area contributed by atoms with Gasteiger partial charge in [-0.1, -0.05) is 19.4 Å².